The molecule has 0 unspecified atom stereocenters. The predicted octanol–water partition coefficient (Wildman–Crippen LogP) is 3.93. The molecule has 1 amide bonds. The number of hydrogen-bond acceptors (Lipinski definition) is 4. The van der Waals surface area contributed by atoms with Gasteiger partial charge in [0.25, 0.3) is 15.9 Å². The summed E-state index contributed by atoms with van der Waals surface area (Å²) in [7, 11) is -3.82. The van der Waals surface area contributed by atoms with Crippen molar-refractivity contribution in [1.82, 2.24) is 5.43 Å². The molecule has 1 aliphatic carbocycles. The van der Waals surface area contributed by atoms with E-state index in [0.717, 1.165) is 29.7 Å². The summed E-state index contributed by atoms with van der Waals surface area (Å²) in [5.74, 6) is -0.450. The van der Waals surface area contributed by atoms with Gasteiger partial charge in [-0.1, -0.05) is 29.3 Å². The van der Waals surface area contributed by atoms with Crippen LogP contribution in [0.15, 0.2) is 64.1 Å². The molecule has 0 saturated heterocycles. The zero-order chi connectivity index (χ0) is 20.3. The molecule has 0 radical (unpaired) electrons. The lowest BCUT2D eigenvalue weighted by Crippen LogP contribution is -2.20. The molecule has 0 spiro atoms. The third-order valence-corrected chi connectivity index (χ3v) is 5.89. The van der Waals surface area contributed by atoms with E-state index in [1.807, 2.05) is 39.0 Å². The number of amides is 1. The number of nitrogens with one attached hydrogen (secondary N) is 2. The topological polar surface area (TPSA) is 87.6 Å². The van der Waals surface area contributed by atoms with Crippen LogP contribution in [0, 0.1) is 13.8 Å². The first-order chi connectivity index (χ1) is 13.2. The first kappa shape index (κ1) is 19.8. The lowest BCUT2D eigenvalue weighted by Gasteiger charge is -2.12. The molecule has 1 aliphatic rings. The largest absolute Gasteiger partial charge is 0.279 e. The highest BCUT2D eigenvalue weighted by Gasteiger charge is 2.17. The van der Waals surface area contributed by atoms with Crippen molar-refractivity contribution in [3.05, 3.63) is 70.8 Å². The Labute approximate surface area is 165 Å². The lowest BCUT2D eigenvalue weighted by molar-refractivity contribution is 0.0954. The fourth-order valence-electron chi connectivity index (χ4n) is 2.97. The first-order valence-electron chi connectivity index (χ1n) is 8.99. The third-order valence-electron chi connectivity index (χ3n) is 4.52. The quantitative estimate of drug-likeness (QED) is 0.750. The van der Waals surface area contributed by atoms with Crippen LogP contribution in [-0.2, 0) is 10.0 Å². The molecule has 0 aliphatic heterocycles. The summed E-state index contributed by atoms with van der Waals surface area (Å²) in [5, 5.41) is 4.10. The average Bonchev–Trinajstić information content (AvgIpc) is 3.07. The van der Waals surface area contributed by atoms with Gasteiger partial charge in [0.1, 0.15) is 0 Å². The van der Waals surface area contributed by atoms with E-state index in [2.05, 4.69) is 15.2 Å². The van der Waals surface area contributed by atoms with E-state index in [-0.39, 0.29) is 10.5 Å². The summed E-state index contributed by atoms with van der Waals surface area (Å²) in [6.45, 7) is 5.80. The summed E-state index contributed by atoms with van der Waals surface area (Å²) in [4.78, 5) is 12.4. The Hall–Kier alpha value is -2.93. The van der Waals surface area contributed by atoms with E-state index in [9.17, 15) is 13.2 Å². The van der Waals surface area contributed by atoms with E-state index in [4.69, 9.17) is 0 Å². The number of allylic oxidation sites excluding steroid dienone is 2. The Balaban J connectivity index is 1.78. The van der Waals surface area contributed by atoms with Crippen molar-refractivity contribution < 1.29 is 13.2 Å². The molecule has 0 fully saturated rings. The van der Waals surface area contributed by atoms with Crippen LogP contribution in [0.4, 0.5) is 5.69 Å². The van der Waals surface area contributed by atoms with Crippen molar-refractivity contribution in [3.8, 4) is 0 Å². The number of carbonyl (C=O) groups excluding carboxylic acids is 1. The highest BCUT2D eigenvalue weighted by Crippen LogP contribution is 2.21. The van der Waals surface area contributed by atoms with Crippen molar-refractivity contribution in [3.63, 3.8) is 0 Å². The molecular formula is C21H23N3O3S. The Kier molecular flexibility index (Phi) is 5.65. The van der Waals surface area contributed by atoms with Crippen LogP contribution in [0.25, 0.3) is 0 Å². The minimum absolute atomic E-state index is 0.0179. The van der Waals surface area contributed by atoms with Gasteiger partial charge in [-0.25, -0.2) is 13.8 Å². The molecule has 3 rings (SSSR count). The predicted molar refractivity (Wildman–Crippen MR) is 111 cm³/mol. The van der Waals surface area contributed by atoms with Gasteiger partial charge in [-0.2, -0.15) is 5.10 Å². The molecule has 146 valence electrons. The van der Waals surface area contributed by atoms with Crippen molar-refractivity contribution in [1.29, 1.82) is 0 Å². The second-order valence-corrected chi connectivity index (χ2v) is 8.67. The number of benzene rings is 2. The summed E-state index contributed by atoms with van der Waals surface area (Å²) in [6.07, 6.45) is 3.67. The number of hydrogen-bond donors (Lipinski definition) is 2. The SMILES string of the molecule is CC1=C/C(=N\NC(=O)c2cccc(S(=O)(=O)Nc3ccc(C)cc3C)c2)CC1. The summed E-state index contributed by atoms with van der Waals surface area (Å²) in [5.41, 5.74) is 7.14. The van der Waals surface area contributed by atoms with Gasteiger partial charge in [-0.3, -0.25) is 9.52 Å². The fourth-order valence-corrected chi connectivity index (χ4v) is 4.14. The first-order valence-corrected chi connectivity index (χ1v) is 10.5. The van der Waals surface area contributed by atoms with Gasteiger partial charge in [0.15, 0.2) is 0 Å². The number of sulfonamides is 1. The maximum Gasteiger partial charge on any atom is 0.271 e. The highest BCUT2D eigenvalue weighted by atomic mass is 32.2. The van der Waals surface area contributed by atoms with E-state index in [1.165, 1.54) is 23.8 Å². The average molecular weight is 398 g/mol. The fraction of sp³-hybridized carbons (Fsp3) is 0.238. The molecule has 0 heterocycles. The van der Waals surface area contributed by atoms with Gasteiger partial charge >= 0.3 is 0 Å². The zero-order valence-electron chi connectivity index (χ0n) is 16.1. The molecular weight excluding hydrogens is 374 g/mol. The van der Waals surface area contributed by atoms with Crippen molar-refractivity contribution in [2.75, 3.05) is 4.72 Å². The van der Waals surface area contributed by atoms with Crippen LogP contribution in [0.1, 0.15) is 41.3 Å². The normalized spacial score (nSPS) is 15.4. The van der Waals surface area contributed by atoms with Crippen molar-refractivity contribution in [2.45, 2.75) is 38.5 Å². The van der Waals surface area contributed by atoms with Crippen molar-refractivity contribution in [2.24, 2.45) is 5.10 Å². The molecule has 2 aromatic carbocycles. The van der Waals surface area contributed by atoms with E-state index >= 15 is 0 Å². The van der Waals surface area contributed by atoms with Crippen molar-refractivity contribution >= 4 is 27.3 Å². The Bertz CT molecular complexity index is 1090. The van der Waals surface area contributed by atoms with Gasteiger partial charge in [-0.15, -0.1) is 0 Å². The smallest absolute Gasteiger partial charge is 0.271 e. The maximum atomic E-state index is 12.7. The number of nitrogens with zero attached hydrogens (tertiary/aromatic N) is 1. The van der Waals surface area contributed by atoms with Gasteiger partial charge < -0.3 is 0 Å². The van der Waals surface area contributed by atoms with Gasteiger partial charge in [0.2, 0.25) is 0 Å². The maximum absolute atomic E-state index is 12.7. The second kappa shape index (κ2) is 7.98. The van der Waals surface area contributed by atoms with Gasteiger partial charge in [0.05, 0.1) is 16.3 Å². The lowest BCUT2D eigenvalue weighted by atomic mass is 10.1. The second-order valence-electron chi connectivity index (χ2n) is 6.99. The monoisotopic (exact) mass is 397 g/mol. The van der Waals surface area contributed by atoms with E-state index in [1.54, 1.807) is 12.1 Å². The Morgan fingerprint density at radius 2 is 1.82 bits per heavy atom. The third kappa shape index (κ3) is 4.67. The van der Waals surface area contributed by atoms with Crippen LogP contribution in [0.5, 0.6) is 0 Å². The molecule has 0 saturated carbocycles. The van der Waals surface area contributed by atoms with E-state index < -0.39 is 15.9 Å². The summed E-state index contributed by atoms with van der Waals surface area (Å²) in [6, 6.07) is 11.4. The Morgan fingerprint density at radius 3 is 2.50 bits per heavy atom. The van der Waals surface area contributed by atoms with Crippen LogP contribution in [0.2, 0.25) is 0 Å². The molecule has 0 bridgehead atoms. The van der Waals surface area contributed by atoms with E-state index in [0.29, 0.717) is 5.69 Å². The molecule has 0 atom stereocenters. The number of anilines is 1. The number of carbonyl (C=O) groups is 1. The Morgan fingerprint density at radius 1 is 1.04 bits per heavy atom. The van der Waals surface area contributed by atoms with Gasteiger partial charge in [-0.05, 0) is 69.5 Å². The minimum Gasteiger partial charge on any atom is -0.279 e. The van der Waals surface area contributed by atoms with Crippen LogP contribution in [0.3, 0.4) is 0 Å². The molecule has 28 heavy (non-hydrogen) atoms. The molecule has 2 N–H and O–H groups in total. The minimum atomic E-state index is -3.82. The zero-order valence-corrected chi connectivity index (χ0v) is 16.9. The van der Waals surface area contributed by atoms with Gasteiger partial charge in [0, 0.05) is 5.56 Å². The summed E-state index contributed by atoms with van der Waals surface area (Å²) < 4.78 is 28.1. The molecule has 0 aromatic heterocycles. The number of rotatable bonds is 5. The van der Waals surface area contributed by atoms with Crippen LogP contribution < -0.4 is 10.1 Å². The van der Waals surface area contributed by atoms with Crippen LogP contribution >= 0.6 is 0 Å². The standard InChI is InChI=1S/C21H23N3O3S/c1-14-8-10-20(16(3)11-14)24-28(26,27)19-6-4-5-17(13-19)21(25)23-22-18-9-7-15(2)12-18/h4-6,8,10-13,24H,7,9H2,1-3H3,(H,23,25)/b22-18-. The molecule has 7 heteroatoms. The molecule has 2 aromatic rings. The number of aryl methyl sites for hydroxylation is 2. The van der Waals surface area contributed by atoms with Crippen LogP contribution in [-0.4, -0.2) is 20.0 Å². The summed E-state index contributed by atoms with van der Waals surface area (Å²) >= 11 is 0. The molecule has 6 nitrogen and oxygen atoms in total. The highest BCUT2D eigenvalue weighted by molar-refractivity contribution is 7.92. The number of hydrazone groups is 1.